The Morgan fingerprint density at radius 1 is 1.31 bits per heavy atom. The number of aliphatic imine (C=N–C) groups is 1. The summed E-state index contributed by atoms with van der Waals surface area (Å²) in [5.41, 5.74) is 2.41. The molecule has 0 aliphatic carbocycles. The van der Waals surface area contributed by atoms with Gasteiger partial charge in [0, 0.05) is 37.6 Å². The molecule has 164 valence electrons. The predicted molar refractivity (Wildman–Crippen MR) is 135 cm³/mol. The summed E-state index contributed by atoms with van der Waals surface area (Å²) in [6.07, 6.45) is 2.27. The predicted octanol–water partition coefficient (Wildman–Crippen LogP) is 4.19. The van der Waals surface area contributed by atoms with E-state index in [1.807, 2.05) is 12.1 Å². The standard InChI is InChI=1S/C23H38N4O.HI/c1-7-24-22(26-20-11-13-27(14-12-20)16-18(2)3)25-17-23(4,5)19-9-8-10-21(15-19)28-6;/h8-10,15,20H,2,7,11-14,16-17H2,1,3-6H3,(H2,24,25,26);1H. The van der Waals surface area contributed by atoms with E-state index in [4.69, 9.17) is 9.73 Å². The van der Waals surface area contributed by atoms with Crippen molar-refractivity contribution in [3.05, 3.63) is 42.0 Å². The second-order valence-electron chi connectivity index (χ2n) is 8.46. The van der Waals surface area contributed by atoms with Crippen LogP contribution < -0.4 is 15.4 Å². The number of guanidine groups is 1. The van der Waals surface area contributed by atoms with Crippen molar-refractivity contribution in [2.75, 3.05) is 39.8 Å². The summed E-state index contributed by atoms with van der Waals surface area (Å²) >= 11 is 0. The maximum Gasteiger partial charge on any atom is 0.191 e. The summed E-state index contributed by atoms with van der Waals surface area (Å²) in [5.74, 6) is 1.80. The highest BCUT2D eigenvalue weighted by Gasteiger charge is 2.23. The molecule has 6 heteroatoms. The molecule has 1 fully saturated rings. The first-order chi connectivity index (χ1) is 13.3. The molecule has 5 nitrogen and oxygen atoms in total. The molecule has 0 radical (unpaired) electrons. The zero-order valence-electron chi connectivity index (χ0n) is 18.8. The fourth-order valence-electron chi connectivity index (χ4n) is 3.54. The molecule has 1 aliphatic rings. The first-order valence-corrected chi connectivity index (χ1v) is 10.4. The number of benzene rings is 1. The van der Waals surface area contributed by atoms with Gasteiger partial charge in [0.1, 0.15) is 5.75 Å². The Kier molecular flexibility index (Phi) is 11.0. The number of nitrogens with zero attached hydrogens (tertiary/aromatic N) is 2. The molecule has 2 rings (SSSR count). The molecule has 2 N–H and O–H groups in total. The van der Waals surface area contributed by atoms with Gasteiger partial charge >= 0.3 is 0 Å². The van der Waals surface area contributed by atoms with Gasteiger partial charge in [-0.05, 0) is 44.4 Å². The van der Waals surface area contributed by atoms with Crippen LogP contribution in [0.1, 0.15) is 46.1 Å². The number of ether oxygens (including phenoxy) is 1. The third-order valence-corrected chi connectivity index (χ3v) is 5.25. The topological polar surface area (TPSA) is 48.9 Å². The minimum Gasteiger partial charge on any atom is -0.497 e. The molecule has 1 saturated heterocycles. The number of piperidine rings is 1. The zero-order valence-corrected chi connectivity index (χ0v) is 21.1. The lowest BCUT2D eigenvalue weighted by molar-refractivity contribution is 0.221. The summed E-state index contributed by atoms with van der Waals surface area (Å²) in [6, 6.07) is 8.75. The molecule has 29 heavy (non-hydrogen) atoms. The van der Waals surface area contributed by atoms with Crippen molar-refractivity contribution in [3.63, 3.8) is 0 Å². The molecule has 0 atom stereocenters. The highest BCUT2D eigenvalue weighted by Crippen LogP contribution is 2.26. The van der Waals surface area contributed by atoms with Crippen molar-refractivity contribution in [3.8, 4) is 5.75 Å². The lowest BCUT2D eigenvalue weighted by Gasteiger charge is -2.33. The Balaban J connectivity index is 0.00000420. The number of nitrogens with one attached hydrogen (secondary N) is 2. The van der Waals surface area contributed by atoms with E-state index in [-0.39, 0.29) is 29.4 Å². The minimum atomic E-state index is -0.0677. The summed E-state index contributed by atoms with van der Waals surface area (Å²) in [6.45, 7) is 17.5. The molecule has 0 saturated carbocycles. The molecule has 1 heterocycles. The molecule has 0 unspecified atom stereocenters. The van der Waals surface area contributed by atoms with Crippen LogP contribution in [0.15, 0.2) is 41.4 Å². The zero-order chi connectivity index (χ0) is 20.6. The SMILES string of the molecule is C=C(C)CN1CCC(NC(=NCC(C)(C)c2cccc(OC)c2)NCC)CC1.I. The number of rotatable bonds is 8. The van der Waals surface area contributed by atoms with Gasteiger partial charge in [0.15, 0.2) is 5.96 Å². The van der Waals surface area contributed by atoms with Gasteiger partial charge in [0.2, 0.25) is 0 Å². The average Bonchev–Trinajstić information content (AvgIpc) is 2.67. The van der Waals surface area contributed by atoms with Crippen LogP contribution in [-0.4, -0.2) is 56.7 Å². The van der Waals surface area contributed by atoms with Gasteiger partial charge in [0.25, 0.3) is 0 Å². The molecule has 0 aromatic heterocycles. The van der Waals surface area contributed by atoms with Crippen LogP contribution in [0.2, 0.25) is 0 Å². The van der Waals surface area contributed by atoms with E-state index in [1.165, 1.54) is 11.1 Å². The molecule has 1 aromatic rings. The summed E-state index contributed by atoms with van der Waals surface area (Å²) in [7, 11) is 1.71. The van der Waals surface area contributed by atoms with Gasteiger partial charge in [0.05, 0.1) is 13.7 Å². The lowest BCUT2D eigenvalue weighted by Crippen LogP contribution is -2.49. The van der Waals surface area contributed by atoms with Crippen molar-refractivity contribution in [1.82, 2.24) is 15.5 Å². The number of halogens is 1. The highest BCUT2D eigenvalue weighted by atomic mass is 127. The molecular weight excluding hydrogens is 475 g/mol. The Hall–Kier alpha value is -1.28. The Morgan fingerprint density at radius 2 is 2.00 bits per heavy atom. The van der Waals surface area contributed by atoms with Gasteiger partial charge in [-0.1, -0.05) is 38.1 Å². The van der Waals surface area contributed by atoms with Crippen molar-refractivity contribution >= 4 is 29.9 Å². The quantitative estimate of drug-likeness (QED) is 0.237. The lowest BCUT2D eigenvalue weighted by atomic mass is 9.84. The van der Waals surface area contributed by atoms with E-state index >= 15 is 0 Å². The van der Waals surface area contributed by atoms with Crippen LogP contribution in [0.25, 0.3) is 0 Å². The summed E-state index contributed by atoms with van der Waals surface area (Å²) in [4.78, 5) is 7.39. The third kappa shape index (κ3) is 8.54. The number of hydrogen-bond donors (Lipinski definition) is 2. The van der Waals surface area contributed by atoms with Gasteiger partial charge < -0.3 is 15.4 Å². The van der Waals surface area contributed by atoms with Crippen molar-refractivity contribution in [1.29, 1.82) is 0 Å². The van der Waals surface area contributed by atoms with Crippen LogP contribution in [-0.2, 0) is 5.41 Å². The van der Waals surface area contributed by atoms with E-state index in [0.29, 0.717) is 12.6 Å². The van der Waals surface area contributed by atoms with E-state index < -0.39 is 0 Å². The molecule has 0 amide bonds. The van der Waals surface area contributed by atoms with Gasteiger partial charge in [-0.2, -0.15) is 0 Å². The first kappa shape index (κ1) is 25.8. The fourth-order valence-corrected chi connectivity index (χ4v) is 3.54. The first-order valence-electron chi connectivity index (χ1n) is 10.4. The minimum absolute atomic E-state index is 0. The second-order valence-corrected chi connectivity index (χ2v) is 8.46. The Labute approximate surface area is 194 Å². The maximum absolute atomic E-state index is 5.38. The summed E-state index contributed by atoms with van der Waals surface area (Å²) in [5, 5.41) is 7.05. The molecule has 1 aliphatic heterocycles. The summed E-state index contributed by atoms with van der Waals surface area (Å²) < 4.78 is 5.38. The maximum atomic E-state index is 5.38. The van der Waals surface area contributed by atoms with Crippen molar-refractivity contribution < 1.29 is 4.74 Å². The van der Waals surface area contributed by atoms with E-state index in [9.17, 15) is 0 Å². The normalized spacial score (nSPS) is 16.1. The van der Waals surface area contributed by atoms with Crippen LogP contribution in [0.3, 0.4) is 0 Å². The molecule has 0 spiro atoms. The molecular formula is C23H39IN4O. The molecule has 0 bridgehead atoms. The highest BCUT2D eigenvalue weighted by molar-refractivity contribution is 14.0. The Morgan fingerprint density at radius 3 is 2.59 bits per heavy atom. The monoisotopic (exact) mass is 514 g/mol. The largest absolute Gasteiger partial charge is 0.497 e. The Bertz CT molecular complexity index is 667. The number of likely N-dealkylation sites (tertiary alicyclic amines) is 1. The van der Waals surface area contributed by atoms with Gasteiger partial charge in [-0.15, -0.1) is 24.0 Å². The van der Waals surface area contributed by atoms with Gasteiger partial charge in [-0.3, -0.25) is 9.89 Å². The van der Waals surface area contributed by atoms with Crippen LogP contribution >= 0.6 is 24.0 Å². The number of methoxy groups -OCH3 is 1. The average molecular weight is 514 g/mol. The van der Waals surface area contributed by atoms with Crippen LogP contribution in [0.4, 0.5) is 0 Å². The van der Waals surface area contributed by atoms with E-state index in [0.717, 1.165) is 50.7 Å². The van der Waals surface area contributed by atoms with E-state index in [1.54, 1.807) is 7.11 Å². The smallest absolute Gasteiger partial charge is 0.191 e. The van der Waals surface area contributed by atoms with Crippen molar-refractivity contribution in [2.24, 2.45) is 4.99 Å². The van der Waals surface area contributed by atoms with Crippen LogP contribution in [0.5, 0.6) is 5.75 Å². The van der Waals surface area contributed by atoms with E-state index in [2.05, 4.69) is 61.9 Å². The van der Waals surface area contributed by atoms with Gasteiger partial charge in [-0.25, -0.2) is 0 Å². The fraction of sp³-hybridized carbons (Fsp3) is 0.609. The van der Waals surface area contributed by atoms with Crippen LogP contribution in [0, 0.1) is 0 Å². The second kappa shape index (κ2) is 12.4. The number of hydrogen-bond acceptors (Lipinski definition) is 3. The van der Waals surface area contributed by atoms with Crippen molar-refractivity contribution in [2.45, 2.75) is 52.0 Å². The molecule has 1 aromatic carbocycles. The third-order valence-electron chi connectivity index (χ3n) is 5.25.